The molecular formula is C28H27F4N3O3. The number of ether oxygens (including phenoxy) is 1. The van der Waals surface area contributed by atoms with E-state index in [2.05, 4.69) is 16.8 Å². The van der Waals surface area contributed by atoms with E-state index in [4.69, 9.17) is 10.5 Å². The quantitative estimate of drug-likeness (QED) is 0.263. The fraction of sp³-hybridized carbons (Fsp3) is 0.357. The number of likely N-dealkylation sites (tertiary alicyclic amines) is 1. The SMILES string of the molecule is COc1ccc2ncc(F)c(C(N)CCC3CCN(CC#Cc4cc(F)cc(F)c4F)CC3C(=O)O)c2c1. The summed E-state index contributed by atoms with van der Waals surface area (Å²) in [7, 11) is 1.51. The molecule has 0 spiro atoms. The van der Waals surface area contributed by atoms with Crippen molar-refractivity contribution in [3.8, 4) is 17.6 Å². The Bertz CT molecular complexity index is 1410. The van der Waals surface area contributed by atoms with Crippen LogP contribution in [0.5, 0.6) is 5.75 Å². The lowest BCUT2D eigenvalue weighted by atomic mass is 9.81. The Morgan fingerprint density at radius 2 is 2.03 bits per heavy atom. The molecule has 38 heavy (non-hydrogen) atoms. The monoisotopic (exact) mass is 529 g/mol. The van der Waals surface area contributed by atoms with E-state index in [0.717, 1.165) is 12.3 Å². The van der Waals surface area contributed by atoms with Crippen molar-refractivity contribution in [2.75, 3.05) is 26.7 Å². The Labute approximate surface area is 217 Å². The molecule has 3 N–H and O–H groups in total. The first-order valence-corrected chi connectivity index (χ1v) is 12.1. The van der Waals surface area contributed by atoms with Crippen LogP contribution in [-0.4, -0.2) is 47.7 Å². The summed E-state index contributed by atoms with van der Waals surface area (Å²) in [6.45, 7) is 0.847. The summed E-state index contributed by atoms with van der Waals surface area (Å²) < 4.78 is 60.6. The van der Waals surface area contributed by atoms with Gasteiger partial charge in [-0.1, -0.05) is 11.8 Å². The van der Waals surface area contributed by atoms with Crippen molar-refractivity contribution in [3.63, 3.8) is 0 Å². The number of carboxylic acid groups (broad SMARTS) is 1. The van der Waals surface area contributed by atoms with E-state index in [1.54, 1.807) is 23.1 Å². The Morgan fingerprint density at radius 3 is 2.76 bits per heavy atom. The van der Waals surface area contributed by atoms with Gasteiger partial charge in [0.15, 0.2) is 11.6 Å². The van der Waals surface area contributed by atoms with Gasteiger partial charge >= 0.3 is 5.97 Å². The number of rotatable bonds is 7. The van der Waals surface area contributed by atoms with Gasteiger partial charge in [0.1, 0.15) is 17.4 Å². The summed E-state index contributed by atoms with van der Waals surface area (Å²) in [4.78, 5) is 17.9. The number of hydrogen-bond donors (Lipinski definition) is 2. The molecule has 1 aliphatic rings. The number of carbonyl (C=O) groups is 1. The van der Waals surface area contributed by atoms with Crippen LogP contribution in [0, 0.1) is 46.9 Å². The smallest absolute Gasteiger partial charge is 0.308 e. The number of methoxy groups -OCH3 is 1. The maximum atomic E-state index is 14.8. The molecule has 3 unspecified atom stereocenters. The lowest BCUT2D eigenvalue weighted by Crippen LogP contribution is -2.44. The first-order valence-electron chi connectivity index (χ1n) is 12.1. The van der Waals surface area contributed by atoms with E-state index >= 15 is 0 Å². The number of hydrogen-bond acceptors (Lipinski definition) is 5. The largest absolute Gasteiger partial charge is 0.497 e. The van der Waals surface area contributed by atoms with Crippen molar-refractivity contribution in [2.24, 2.45) is 17.6 Å². The number of halogens is 4. The van der Waals surface area contributed by atoms with Crippen molar-refractivity contribution in [1.82, 2.24) is 9.88 Å². The maximum absolute atomic E-state index is 14.8. The van der Waals surface area contributed by atoms with Crippen LogP contribution in [0.1, 0.15) is 36.4 Å². The molecule has 4 rings (SSSR count). The summed E-state index contributed by atoms with van der Waals surface area (Å²) >= 11 is 0. The van der Waals surface area contributed by atoms with Gasteiger partial charge in [0, 0.05) is 29.6 Å². The van der Waals surface area contributed by atoms with Crippen molar-refractivity contribution in [2.45, 2.75) is 25.3 Å². The van der Waals surface area contributed by atoms with Gasteiger partial charge in [-0.2, -0.15) is 0 Å². The number of aliphatic carboxylic acids is 1. The molecule has 1 fully saturated rings. The number of pyridine rings is 1. The molecule has 0 aliphatic carbocycles. The zero-order chi connectivity index (χ0) is 27.4. The fourth-order valence-corrected chi connectivity index (χ4v) is 4.94. The molecule has 10 heteroatoms. The average molecular weight is 530 g/mol. The first-order chi connectivity index (χ1) is 18.2. The molecule has 0 saturated carbocycles. The van der Waals surface area contributed by atoms with Crippen LogP contribution >= 0.6 is 0 Å². The van der Waals surface area contributed by atoms with Gasteiger partial charge in [-0.15, -0.1) is 0 Å². The van der Waals surface area contributed by atoms with Crippen LogP contribution in [0.25, 0.3) is 10.9 Å². The zero-order valence-corrected chi connectivity index (χ0v) is 20.7. The third kappa shape index (κ3) is 6.06. The highest BCUT2D eigenvalue weighted by atomic mass is 19.2. The topological polar surface area (TPSA) is 88.7 Å². The fourth-order valence-electron chi connectivity index (χ4n) is 4.94. The molecule has 0 amide bonds. The Hall–Kier alpha value is -3.68. The Kier molecular flexibility index (Phi) is 8.49. The Balaban J connectivity index is 1.42. The minimum absolute atomic E-state index is 0.115. The third-order valence-corrected chi connectivity index (χ3v) is 6.96. The summed E-state index contributed by atoms with van der Waals surface area (Å²) in [6.07, 6.45) is 2.51. The van der Waals surface area contributed by atoms with Gasteiger partial charge in [-0.05, 0) is 56.0 Å². The zero-order valence-electron chi connectivity index (χ0n) is 20.7. The second-order valence-electron chi connectivity index (χ2n) is 9.37. The van der Waals surface area contributed by atoms with E-state index in [0.29, 0.717) is 54.1 Å². The van der Waals surface area contributed by atoms with E-state index in [1.165, 1.54) is 7.11 Å². The number of aromatic nitrogens is 1. The highest BCUT2D eigenvalue weighted by Gasteiger charge is 2.34. The minimum atomic E-state index is -1.32. The van der Waals surface area contributed by atoms with Crippen LogP contribution < -0.4 is 10.5 Å². The van der Waals surface area contributed by atoms with Gasteiger partial charge in [-0.25, -0.2) is 17.6 Å². The number of nitrogens with two attached hydrogens (primary N) is 1. The van der Waals surface area contributed by atoms with E-state index < -0.39 is 46.8 Å². The standard InChI is InChI=1S/C28H27F4N3O3/c1-38-19-5-7-25-20(13-19)26(23(31)14-34-25)24(33)6-4-16-8-10-35(15-21(16)28(36)37)9-2-3-17-11-18(29)12-22(30)27(17)32/h5,7,11-14,16,21,24H,4,6,8-10,15,33H2,1H3,(H,36,37). The van der Waals surface area contributed by atoms with Crippen LogP contribution in [0.15, 0.2) is 36.5 Å². The molecule has 3 aromatic rings. The maximum Gasteiger partial charge on any atom is 0.308 e. The Morgan fingerprint density at radius 1 is 1.24 bits per heavy atom. The van der Waals surface area contributed by atoms with Crippen LogP contribution in [0.4, 0.5) is 17.6 Å². The molecule has 6 nitrogen and oxygen atoms in total. The molecule has 0 bridgehead atoms. The third-order valence-electron chi connectivity index (χ3n) is 6.96. The van der Waals surface area contributed by atoms with Gasteiger partial charge in [0.05, 0.1) is 36.8 Å². The predicted molar refractivity (Wildman–Crippen MR) is 133 cm³/mol. The molecule has 3 atom stereocenters. The minimum Gasteiger partial charge on any atom is -0.497 e. The summed E-state index contributed by atoms with van der Waals surface area (Å²) in [5.41, 5.74) is 6.91. The van der Waals surface area contributed by atoms with Gasteiger partial charge < -0.3 is 15.6 Å². The molecular weight excluding hydrogens is 502 g/mol. The van der Waals surface area contributed by atoms with Crippen LogP contribution in [0.2, 0.25) is 0 Å². The van der Waals surface area contributed by atoms with Crippen LogP contribution in [-0.2, 0) is 4.79 Å². The second-order valence-corrected chi connectivity index (χ2v) is 9.37. The van der Waals surface area contributed by atoms with Gasteiger partial charge in [-0.3, -0.25) is 14.7 Å². The molecule has 1 aromatic heterocycles. The summed E-state index contributed by atoms with van der Waals surface area (Å²) in [6, 6.07) is 5.72. The number of benzene rings is 2. The van der Waals surface area contributed by atoms with E-state index in [1.807, 2.05) is 0 Å². The van der Waals surface area contributed by atoms with Crippen molar-refractivity contribution in [1.29, 1.82) is 0 Å². The van der Waals surface area contributed by atoms with Crippen molar-refractivity contribution >= 4 is 16.9 Å². The molecule has 2 aromatic carbocycles. The van der Waals surface area contributed by atoms with Crippen molar-refractivity contribution in [3.05, 3.63) is 70.9 Å². The molecule has 1 saturated heterocycles. The van der Waals surface area contributed by atoms with Gasteiger partial charge in [0.2, 0.25) is 0 Å². The normalized spacial score (nSPS) is 18.6. The molecule has 2 heterocycles. The molecule has 0 radical (unpaired) electrons. The lowest BCUT2D eigenvalue weighted by Gasteiger charge is -2.36. The summed E-state index contributed by atoms with van der Waals surface area (Å²) in [5.74, 6) is -0.234. The van der Waals surface area contributed by atoms with Crippen molar-refractivity contribution < 1.29 is 32.2 Å². The van der Waals surface area contributed by atoms with Gasteiger partial charge in [0.25, 0.3) is 0 Å². The second kappa shape index (κ2) is 11.8. The van der Waals surface area contributed by atoms with E-state index in [-0.39, 0.29) is 19.0 Å². The lowest BCUT2D eigenvalue weighted by molar-refractivity contribution is -0.146. The molecule has 1 aliphatic heterocycles. The average Bonchev–Trinajstić information content (AvgIpc) is 2.89. The first kappa shape index (κ1) is 27.4. The number of piperidine rings is 1. The van der Waals surface area contributed by atoms with Crippen LogP contribution in [0.3, 0.4) is 0 Å². The number of fused-ring (bicyclic) bond motifs is 1. The van der Waals surface area contributed by atoms with E-state index in [9.17, 15) is 27.5 Å². The highest BCUT2D eigenvalue weighted by molar-refractivity contribution is 5.84. The number of nitrogens with zero attached hydrogens (tertiary/aromatic N) is 2. The highest BCUT2D eigenvalue weighted by Crippen LogP contribution is 2.34. The summed E-state index contributed by atoms with van der Waals surface area (Å²) in [5, 5.41) is 10.4. The predicted octanol–water partition coefficient (Wildman–Crippen LogP) is 4.65. The number of carboxylic acids is 1. The molecule has 200 valence electrons.